The third-order valence-electron chi connectivity index (χ3n) is 5.23. The minimum atomic E-state index is -1.06. The lowest BCUT2D eigenvalue weighted by Crippen LogP contribution is -2.46. The quantitative estimate of drug-likeness (QED) is 0.571. The lowest BCUT2D eigenvalue weighted by Gasteiger charge is -2.33. The second-order valence-electron chi connectivity index (χ2n) is 7.68. The van der Waals surface area contributed by atoms with Gasteiger partial charge in [-0.05, 0) is 33.3 Å². The van der Waals surface area contributed by atoms with Crippen molar-refractivity contribution < 1.29 is 19.0 Å². The van der Waals surface area contributed by atoms with E-state index in [2.05, 4.69) is 43.7 Å². The fraction of sp³-hybridized carbons (Fsp3) is 0.476. The molecule has 0 spiro atoms. The van der Waals surface area contributed by atoms with Gasteiger partial charge in [0.15, 0.2) is 0 Å². The first kappa shape index (κ1) is 23.3. The monoisotopic (exact) mass is 445 g/mol. The van der Waals surface area contributed by atoms with Crippen LogP contribution in [-0.2, 0) is 9.53 Å². The van der Waals surface area contributed by atoms with E-state index in [0.717, 1.165) is 16.9 Å². The van der Waals surface area contributed by atoms with Gasteiger partial charge in [-0.3, -0.25) is 4.79 Å². The molecule has 1 fully saturated rings. The summed E-state index contributed by atoms with van der Waals surface area (Å²) in [5, 5.41) is 10.1. The Hall–Kier alpha value is -3.34. The fourth-order valence-corrected chi connectivity index (χ4v) is 3.87. The molecule has 4 rings (SSSR count). The van der Waals surface area contributed by atoms with Crippen molar-refractivity contribution in [2.75, 3.05) is 30.4 Å². The number of aryl methyl sites for hydroxylation is 1. The molecule has 3 aromatic heterocycles. The van der Waals surface area contributed by atoms with Crippen LogP contribution >= 0.6 is 0 Å². The molecular weight excluding hydrogens is 417 g/mol. The van der Waals surface area contributed by atoms with E-state index in [4.69, 9.17) is 14.6 Å². The molecule has 0 saturated carbocycles. The van der Waals surface area contributed by atoms with Crippen molar-refractivity contribution in [2.45, 2.75) is 45.5 Å². The minimum Gasteiger partial charge on any atom is -0.483 e. The standard InChI is InChI=1S/C20H26FN7O.CH2O2/c1-12(2)28-13(3)24-15-10-23-19(9-16(15)28)25-18-5-7-22-20(26-18)27-8-6-17(29-4)14(21)11-27;2-1-3/h5,7,9-10,12,14,17H,6,8,11H2,1-4H3,(H,22,23,25,26);1H,(H,2,3)/t14-,17+;/m1./s1. The molecule has 0 aliphatic carbocycles. The zero-order chi connectivity index (χ0) is 23.3. The smallest absolute Gasteiger partial charge is 0.290 e. The molecule has 0 bridgehead atoms. The molecule has 1 saturated heterocycles. The van der Waals surface area contributed by atoms with Crippen LogP contribution < -0.4 is 10.2 Å². The molecule has 1 aliphatic heterocycles. The molecule has 2 atom stereocenters. The normalized spacial score (nSPS) is 18.4. The number of piperidine rings is 1. The first-order valence-corrected chi connectivity index (χ1v) is 10.3. The first-order valence-electron chi connectivity index (χ1n) is 10.3. The van der Waals surface area contributed by atoms with E-state index in [1.54, 1.807) is 25.6 Å². The van der Waals surface area contributed by atoms with Gasteiger partial charge < -0.3 is 24.6 Å². The van der Waals surface area contributed by atoms with E-state index in [9.17, 15) is 4.39 Å². The number of imidazole rings is 1. The summed E-state index contributed by atoms with van der Waals surface area (Å²) in [6.45, 7) is 6.87. The summed E-state index contributed by atoms with van der Waals surface area (Å²) in [5.74, 6) is 2.73. The molecular formula is C21H28FN7O3. The van der Waals surface area contributed by atoms with Crippen LogP contribution in [0.5, 0.6) is 0 Å². The number of halogens is 1. The lowest BCUT2D eigenvalue weighted by molar-refractivity contribution is -0.122. The van der Waals surface area contributed by atoms with Crippen molar-refractivity contribution in [1.82, 2.24) is 24.5 Å². The number of hydrogen-bond donors (Lipinski definition) is 2. The highest BCUT2D eigenvalue weighted by molar-refractivity contribution is 5.79. The Balaban J connectivity index is 0.000000913. The molecule has 2 N–H and O–H groups in total. The van der Waals surface area contributed by atoms with Crippen LogP contribution in [0.2, 0.25) is 0 Å². The number of rotatable bonds is 5. The van der Waals surface area contributed by atoms with Crippen LogP contribution in [0.25, 0.3) is 11.0 Å². The summed E-state index contributed by atoms with van der Waals surface area (Å²) >= 11 is 0. The van der Waals surface area contributed by atoms with Crippen molar-refractivity contribution in [3.63, 3.8) is 0 Å². The molecule has 1 aliphatic rings. The third kappa shape index (κ3) is 5.10. The zero-order valence-electron chi connectivity index (χ0n) is 18.6. The number of ether oxygens (including phenoxy) is 1. The van der Waals surface area contributed by atoms with Gasteiger partial charge in [0.05, 0.1) is 24.4 Å². The largest absolute Gasteiger partial charge is 0.483 e. The number of carboxylic acid groups (broad SMARTS) is 1. The highest BCUT2D eigenvalue weighted by atomic mass is 19.1. The van der Waals surface area contributed by atoms with E-state index in [1.807, 2.05) is 17.9 Å². The molecule has 3 aromatic rings. The molecule has 32 heavy (non-hydrogen) atoms. The third-order valence-corrected chi connectivity index (χ3v) is 5.23. The molecule has 0 aromatic carbocycles. The number of nitrogens with one attached hydrogen (secondary N) is 1. The summed E-state index contributed by atoms with van der Waals surface area (Å²) in [6.07, 6.45) is 2.61. The molecule has 10 nitrogen and oxygen atoms in total. The predicted octanol–water partition coefficient (Wildman–Crippen LogP) is 3.12. The maximum absolute atomic E-state index is 14.2. The Morgan fingerprint density at radius 1 is 1.31 bits per heavy atom. The number of nitrogens with zero attached hydrogens (tertiary/aromatic N) is 6. The molecule has 4 heterocycles. The number of pyridine rings is 1. The highest BCUT2D eigenvalue weighted by Gasteiger charge is 2.30. The topological polar surface area (TPSA) is 118 Å². The number of carbonyl (C=O) groups is 1. The first-order chi connectivity index (χ1) is 15.4. The summed E-state index contributed by atoms with van der Waals surface area (Å²) in [5.41, 5.74) is 1.88. The Bertz CT molecular complexity index is 1060. The summed E-state index contributed by atoms with van der Waals surface area (Å²) < 4.78 is 21.6. The molecule has 0 amide bonds. The number of hydrogen-bond acceptors (Lipinski definition) is 8. The average Bonchev–Trinajstić information content (AvgIpc) is 3.09. The van der Waals surface area contributed by atoms with E-state index < -0.39 is 6.17 Å². The second-order valence-corrected chi connectivity index (χ2v) is 7.68. The number of anilines is 3. The maximum atomic E-state index is 14.2. The van der Waals surface area contributed by atoms with E-state index >= 15 is 0 Å². The maximum Gasteiger partial charge on any atom is 0.290 e. The van der Waals surface area contributed by atoms with Crippen molar-refractivity contribution in [3.05, 3.63) is 30.4 Å². The van der Waals surface area contributed by atoms with Gasteiger partial charge in [-0.25, -0.2) is 19.3 Å². The van der Waals surface area contributed by atoms with Crippen LogP contribution in [0.4, 0.5) is 22.0 Å². The van der Waals surface area contributed by atoms with Gasteiger partial charge in [0.2, 0.25) is 5.95 Å². The van der Waals surface area contributed by atoms with Gasteiger partial charge in [0.1, 0.15) is 29.1 Å². The van der Waals surface area contributed by atoms with Gasteiger partial charge in [-0.1, -0.05) is 0 Å². The Morgan fingerprint density at radius 3 is 2.72 bits per heavy atom. The summed E-state index contributed by atoms with van der Waals surface area (Å²) in [4.78, 5) is 28.1. The Morgan fingerprint density at radius 2 is 2.06 bits per heavy atom. The van der Waals surface area contributed by atoms with Crippen molar-refractivity contribution >= 4 is 35.1 Å². The van der Waals surface area contributed by atoms with Gasteiger partial charge in [0, 0.05) is 32.0 Å². The van der Waals surface area contributed by atoms with Crippen molar-refractivity contribution in [2.24, 2.45) is 0 Å². The molecule has 172 valence electrons. The van der Waals surface area contributed by atoms with Crippen LogP contribution in [0, 0.1) is 6.92 Å². The second kappa shape index (κ2) is 10.3. The predicted molar refractivity (Wildman–Crippen MR) is 119 cm³/mol. The number of methoxy groups -OCH3 is 1. The lowest BCUT2D eigenvalue weighted by atomic mass is 10.1. The Labute approximate surface area is 185 Å². The molecule has 0 unspecified atom stereocenters. The SMILES string of the molecule is CO[C@H]1CCN(c2nccc(Nc3cc4c(cn3)nc(C)n4C(C)C)n2)C[C@H]1F.O=CO. The van der Waals surface area contributed by atoms with Gasteiger partial charge in [0.25, 0.3) is 6.47 Å². The molecule has 11 heteroatoms. The van der Waals surface area contributed by atoms with Crippen LogP contribution in [0.1, 0.15) is 32.1 Å². The summed E-state index contributed by atoms with van der Waals surface area (Å²) in [7, 11) is 1.55. The van der Waals surface area contributed by atoms with Crippen LogP contribution in [0.3, 0.4) is 0 Å². The van der Waals surface area contributed by atoms with E-state index in [-0.39, 0.29) is 19.1 Å². The summed E-state index contributed by atoms with van der Waals surface area (Å²) in [6, 6.07) is 4.04. The number of alkyl halides is 1. The highest BCUT2D eigenvalue weighted by Crippen LogP contribution is 2.25. The van der Waals surface area contributed by atoms with Crippen molar-refractivity contribution in [3.8, 4) is 0 Å². The van der Waals surface area contributed by atoms with E-state index in [1.165, 1.54) is 0 Å². The van der Waals surface area contributed by atoms with E-state index in [0.29, 0.717) is 36.6 Å². The van der Waals surface area contributed by atoms with Crippen LogP contribution in [0.15, 0.2) is 24.5 Å². The van der Waals surface area contributed by atoms with Gasteiger partial charge in [-0.2, -0.15) is 4.98 Å². The average molecular weight is 445 g/mol. The van der Waals surface area contributed by atoms with Gasteiger partial charge in [-0.15, -0.1) is 0 Å². The Kier molecular flexibility index (Phi) is 7.52. The number of aromatic nitrogens is 5. The van der Waals surface area contributed by atoms with Crippen LogP contribution in [-0.4, -0.2) is 68.6 Å². The van der Waals surface area contributed by atoms with Gasteiger partial charge >= 0.3 is 0 Å². The number of fused-ring (bicyclic) bond motifs is 1. The zero-order valence-corrected chi connectivity index (χ0v) is 18.6. The minimum absolute atomic E-state index is 0.221. The fourth-order valence-electron chi connectivity index (χ4n) is 3.87. The molecule has 0 radical (unpaired) electrons. The van der Waals surface area contributed by atoms with Crippen molar-refractivity contribution in [1.29, 1.82) is 0 Å².